The molecule has 3 aromatic rings. The van der Waals surface area contributed by atoms with Crippen LogP contribution in [0.3, 0.4) is 0 Å². The normalized spacial score (nSPS) is 21.9. The summed E-state index contributed by atoms with van der Waals surface area (Å²) in [6.07, 6.45) is 5.69. The van der Waals surface area contributed by atoms with E-state index < -0.39 is 23.0 Å². The molecule has 1 fully saturated rings. The lowest BCUT2D eigenvalue weighted by Gasteiger charge is -2.35. The summed E-state index contributed by atoms with van der Waals surface area (Å²) in [4.78, 5) is 22.3. The maximum Gasteiger partial charge on any atom is 0.225 e. The molecule has 4 heterocycles. The molecular formula is C23H17F3N8S. The average molecular weight is 495 g/mol. The molecule has 2 aliphatic rings. The standard InChI is InChI=1S/C23H17F3N8S/c24-15-6-31-22(32-7-15)34-10-14-11-35-21(28)33-23(14,12-34)17-3-13(1-2-18(17)25)4-19(26)20-9-29-16(5-27)8-30-20/h1-4,6-9,14H,10-12H2,(H2,28,33)/b19-4-/t14-,23-/m0/s1. The first-order valence-corrected chi connectivity index (χ1v) is 11.5. The molecule has 35 heavy (non-hydrogen) atoms. The van der Waals surface area contributed by atoms with E-state index in [2.05, 4.69) is 24.9 Å². The molecule has 0 spiro atoms. The highest BCUT2D eigenvalue weighted by Gasteiger charge is 2.52. The van der Waals surface area contributed by atoms with Gasteiger partial charge in [0, 0.05) is 23.8 Å². The molecule has 2 aromatic heterocycles. The van der Waals surface area contributed by atoms with Crippen molar-refractivity contribution >= 4 is 34.8 Å². The fraction of sp³-hybridized carbons (Fsp3) is 0.217. The first-order chi connectivity index (χ1) is 16.9. The molecular weight excluding hydrogens is 477 g/mol. The lowest BCUT2D eigenvalue weighted by atomic mass is 9.81. The zero-order valence-corrected chi connectivity index (χ0v) is 18.9. The molecule has 176 valence electrons. The molecule has 8 nitrogen and oxygen atoms in total. The molecule has 0 amide bonds. The second-order valence-electron chi connectivity index (χ2n) is 8.09. The molecule has 1 aromatic carbocycles. The van der Waals surface area contributed by atoms with Crippen molar-refractivity contribution in [2.45, 2.75) is 5.54 Å². The van der Waals surface area contributed by atoms with Gasteiger partial charge in [-0.25, -0.2) is 38.1 Å². The van der Waals surface area contributed by atoms with Gasteiger partial charge < -0.3 is 10.6 Å². The second-order valence-corrected chi connectivity index (χ2v) is 9.13. The SMILES string of the molecule is N#Cc1cnc(/C(F)=C/c2ccc(F)c([C@]34CN(c5ncc(F)cn5)C[C@H]3CSC(N)=N4)c2)cn1. The van der Waals surface area contributed by atoms with E-state index in [0.29, 0.717) is 29.0 Å². The maximum atomic E-state index is 15.3. The highest BCUT2D eigenvalue weighted by Crippen LogP contribution is 2.47. The largest absolute Gasteiger partial charge is 0.379 e. The van der Waals surface area contributed by atoms with Gasteiger partial charge in [0.05, 0.1) is 31.3 Å². The zero-order chi connectivity index (χ0) is 24.6. The molecule has 0 saturated carbocycles. The Morgan fingerprint density at radius 2 is 1.97 bits per heavy atom. The Balaban J connectivity index is 1.54. The van der Waals surface area contributed by atoms with Crippen molar-refractivity contribution in [3.05, 3.63) is 77.1 Å². The number of anilines is 1. The van der Waals surface area contributed by atoms with E-state index in [0.717, 1.165) is 18.6 Å². The molecule has 0 aliphatic carbocycles. The van der Waals surface area contributed by atoms with Crippen LogP contribution >= 0.6 is 11.8 Å². The minimum atomic E-state index is -1.05. The minimum Gasteiger partial charge on any atom is -0.379 e. The van der Waals surface area contributed by atoms with Crippen molar-refractivity contribution < 1.29 is 13.2 Å². The Kier molecular flexibility index (Phi) is 5.86. The third kappa shape index (κ3) is 4.30. The van der Waals surface area contributed by atoms with E-state index in [9.17, 15) is 8.78 Å². The Bertz CT molecular complexity index is 1370. The van der Waals surface area contributed by atoms with Crippen molar-refractivity contribution in [1.82, 2.24) is 19.9 Å². The predicted molar refractivity (Wildman–Crippen MR) is 126 cm³/mol. The number of benzene rings is 1. The minimum absolute atomic E-state index is 0.0530. The number of nitriles is 1. The number of aliphatic imine (C=N–C) groups is 1. The van der Waals surface area contributed by atoms with Gasteiger partial charge in [0.15, 0.2) is 22.5 Å². The lowest BCUT2D eigenvalue weighted by molar-refractivity contribution is 0.370. The zero-order valence-electron chi connectivity index (χ0n) is 18.1. The van der Waals surface area contributed by atoms with Gasteiger partial charge >= 0.3 is 0 Å². The first-order valence-electron chi connectivity index (χ1n) is 10.5. The van der Waals surface area contributed by atoms with Crippen LogP contribution in [0.4, 0.5) is 19.1 Å². The van der Waals surface area contributed by atoms with Gasteiger partial charge in [-0.2, -0.15) is 5.26 Å². The summed E-state index contributed by atoms with van der Waals surface area (Å²) in [5.74, 6) is -1.00. The second kappa shape index (κ2) is 8.99. The number of nitrogens with two attached hydrogens (primary N) is 1. The van der Waals surface area contributed by atoms with Crippen LogP contribution in [0, 0.1) is 28.9 Å². The van der Waals surface area contributed by atoms with E-state index in [1.165, 1.54) is 36.2 Å². The van der Waals surface area contributed by atoms with Crippen molar-refractivity contribution in [3.8, 4) is 6.07 Å². The van der Waals surface area contributed by atoms with Crippen LogP contribution in [0.2, 0.25) is 0 Å². The summed E-state index contributed by atoms with van der Waals surface area (Å²) in [5.41, 5.74) is 5.69. The fourth-order valence-electron chi connectivity index (χ4n) is 4.31. The Morgan fingerprint density at radius 1 is 1.17 bits per heavy atom. The Hall–Kier alpha value is -3.98. The number of thioether (sulfide) groups is 1. The third-order valence-corrected chi connectivity index (χ3v) is 6.90. The Morgan fingerprint density at radius 3 is 2.69 bits per heavy atom. The van der Waals surface area contributed by atoms with Crippen molar-refractivity contribution in [2.75, 3.05) is 23.7 Å². The predicted octanol–water partition coefficient (Wildman–Crippen LogP) is 3.28. The molecule has 2 N–H and O–H groups in total. The van der Waals surface area contributed by atoms with E-state index in [-0.39, 0.29) is 29.4 Å². The third-order valence-electron chi connectivity index (χ3n) is 5.94. The van der Waals surface area contributed by atoms with Crippen LogP contribution < -0.4 is 10.6 Å². The summed E-state index contributed by atoms with van der Waals surface area (Å²) < 4.78 is 43.4. The van der Waals surface area contributed by atoms with Gasteiger partial charge in [0.1, 0.15) is 23.1 Å². The van der Waals surface area contributed by atoms with Crippen molar-refractivity contribution in [2.24, 2.45) is 16.6 Å². The highest BCUT2D eigenvalue weighted by molar-refractivity contribution is 8.13. The van der Waals surface area contributed by atoms with Gasteiger partial charge in [-0.15, -0.1) is 0 Å². The van der Waals surface area contributed by atoms with Crippen LogP contribution in [0.1, 0.15) is 22.5 Å². The molecule has 1 saturated heterocycles. The number of halogens is 3. The number of aromatic nitrogens is 4. The van der Waals surface area contributed by atoms with Gasteiger partial charge in [0.2, 0.25) is 5.95 Å². The summed E-state index contributed by atoms with van der Waals surface area (Å²) in [6, 6.07) is 6.07. The van der Waals surface area contributed by atoms with Crippen LogP contribution in [-0.2, 0) is 5.54 Å². The molecule has 5 rings (SSSR count). The molecule has 12 heteroatoms. The van der Waals surface area contributed by atoms with Crippen LogP contribution in [-0.4, -0.2) is 43.9 Å². The molecule has 0 radical (unpaired) electrons. The number of rotatable bonds is 4. The van der Waals surface area contributed by atoms with E-state index >= 15 is 4.39 Å². The lowest BCUT2D eigenvalue weighted by Crippen LogP contribution is -2.40. The van der Waals surface area contributed by atoms with Crippen molar-refractivity contribution in [3.63, 3.8) is 0 Å². The summed E-state index contributed by atoms with van der Waals surface area (Å²) in [7, 11) is 0. The highest BCUT2D eigenvalue weighted by atomic mass is 32.2. The molecule has 0 unspecified atom stereocenters. The van der Waals surface area contributed by atoms with Gasteiger partial charge in [0.25, 0.3) is 0 Å². The molecule has 2 aliphatic heterocycles. The van der Waals surface area contributed by atoms with E-state index in [4.69, 9.17) is 11.0 Å². The smallest absolute Gasteiger partial charge is 0.225 e. The van der Waals surface area contributed by atoms with Gasteiger partial charge in [-0.05, 0) is 23.8 Å². The molecule has 2 atom stereocenters. The van der Waals surface area contributed by atoms with Gasteiger partial charge in [-0.3, -0.25) is 0 Å². The number of fused-ring (bicyclic) bond motifs is 1. The van der Waals surface area contributed by atoms with Crippen molar-refractivity contribution in [1.29, 1.82) is 5.26 Å². The van der Waals surface area contributed by atoms with Crippen LogP contribution in [0.15, 0.2) is 48.0 Å². The first kappa shape index (κ1) is 22.8. The summed E-state index contributed by atoms with van der Waals surface area (Å²) >= 11 is 1.38. The van der Waals surface area contributed by atoms with Crippen LogP contribution in [0.5, 0.6) is 0 Å². The quantitative estimate of drug-likeness (QED) is 0.587. The molecule has 0 bridgehead atoms. The fourth-order valence-corrected chi connectivity index (χ4v) is 5.29. The Labute approximate surface area is 202 Å². The van der Waals surface area contributed by atoms with E-state index in [1.54, 1.807) is 6.07 Å². The van der Waals surface area contributed by atoms with Crippen LogP contribution in [0.25, 0.3) is 11.9 Å². The average Bonchev–Trinajstić information content (AvgIpc) is 3.25. The van der Waals surface area contributed by atoms with E-state index in [1.807, 2.05) is 11.0 Å². The monoisotopic (exact) mass is 494 g/mol. The summed E-state index contributed by atoms with van der Waals surface area (Å²) in [5, 5.41) is 9.16. The number of amidine groups is 1. The topological polar surface area (TPSA) is 117 Å². The summed E-state index contributed by atoms with van der Waals surface area (Å²) in [6.45, 7) is 0.683. The number of hydrogen-bond acceptors (Lipinski definition) is 9. The number of hydrogen-bond donors (Lipinski definition) is 1. The van der Waals surface area contributed by atoms with Gasteiger partial charge in [-0.1, -0.05) is 17.8 Å². The maximum absolute atomic E-state index is 15.3. The number of nitrogens with zero attached hydrogens (tertiary/aromatic N) is 7.